The van der Waals surface area contributed by atoms with Gasteiger partial charge in [0.05, 0.1) is 24.1 Å². The minimum atomic E-state index is -4.54. The Kier molecular flexibility index (Phi) is 5.95. The van der Waals surface area contributed by atoms with Crippen molar-refractivity contribution in [2.24, 2.45) is 0 Å². The van der Waals surface area contributed by atoms with E-state index < -0.39 is 30.3 Å². The zero-order valence-corrected chi connectivity index (χ0v) is 15.7. The van der Waals surface area contributed by atoms with Gasteiger partial charge in [-0.05, 0) is 25.1 Å². The molecule has 12 heteroatoms. The summed E-state index contributed by atoms with van der Waals surface area (Å²) in [4.78, 5) is 17.9. The van der Waals surface area contributed by atoms with E-state index in [2.05, 4.69) is 10.3 Å². The number of aromatic nitrogens is 2. The molecule has 30 heavy (non-hydrogen) atoms. The number of alkyl halides is 3. The molecular formula is C18H18F4N6O2. The quantitative estimate of drug-likeness (QED) is 0.515. The first-order valence-corrected chi connectivity index (χ1v) is 8.90. The van der Waals surface area contributed by atoms with Crippen LogP contribution in [-0.4, -0.2) is 44.4 Å². The second kappa shape index (κ2) is 8.29. The number of imidazole rings is 1. The zero-order chi connectivity index (χ0) is 22.1. The zero-order valence-electron chi connectivity index (χ0n) is 15.7. The summed E-state index contributed by atoms with van der Waals surface area (Å²) in [5.74, 6) is -0.711. The Morgan fingerprint density at radius 3 is 2.77 bits per heavy atom. The van der Waals surface area contributed by atoms with Crippen molar-refractivity contribution in [3.63, 3.8) is 0 Å². The van der Waals surface area contributed by atoms with Gasteiger partial charge in [-0.25, -0.2) is 14.2 Å². The van der Waals surface area contributed by atoms with E-state index in [-0.39, 0.29) is 30.0 Å². The molecule has 2 atom stereocenters. The van der Waals surface area contributed by atoms with Crippen LogP contribution in [-0.2, 0) is 13.1 Å². The number of halogens is 4. The van der Waals surface area contributed by atoms with Gasteiger partial charge in [0.2, 0.25) is 0 Å². The van der Waals surface area contributed by atoms with Crippen molar-refractivity contribution >= 4 is 11.7 Å². The van der Waals surface area contributed by atoms with Crippen LogP contribution in [0.2, 0.25) is 0 Å². The summed E-state index contributed by atoms with van der Waals surface area (Å²) in [6.45, 7) is 1.48. The summed E-state index contributed by atoms with van der Waals surface area (Å²) in [6, 6.07) is 2.73. The van der Waals surface area contributed by atoms with Crippen molar-refractivity contribution in [2.45, 2.75) is 38.5 Å². The second-order valence-corrected chi connectivity index (χ2v) is 6.76. The SMILES string of the molecule is C[C@@H](NC(O)c1ncn2c1CN(C(=O)Nc1ccc(F)c(C#N)c1)CC2)C(F)(F)F. The Morgan fingerprint density at radius 1 is 1.37 bits per heavy atom. The Balaban J connectivity index is 1.71. The summed E-state index contributed by atoms with van der Waals surface area (Å²) in [6.07, 6.45) is -4.82. The van der Waals surface area contributed by atoms with Crippen molar-refractivity contribution in [3.05, 3.63) is 47.3 Å². The number of carbonyl (C=O) groups excluding carboxylic acids is 1. The van der Waals surface area contributed by atoms with Crippen LogP contribution in [0.3, 0.4) is 0 Å². The molecule has 2 amide bonds. The van der Waals surface area contributed by atoms with Gasteiger partial charge in [0.15, 0.2) is 6.23 Å². The Labute approximate surface area is 168 Å². The minimum Gasteiger partial charge on any atom is -0.373 e. The van der Waals surface area contributed by atoms with E-state index in [1.54, 1.807) is 10.6 Å². The molecule has 8 nitrogen and oxygen atoms in total. The molecule has 0 bridgehead atoms. The topological polar surface area (TPSA) is 106 Å². The molecule has 1 aliphatic heterocycles. The van der Waals surface area contributed by atoms with Gasteiger partial charge in [0.1, 0.15) is 23.6 Å². The van der Waals surface area contributed by atoms with Gasteiger partial charge in [-0.15, -0.1) is 0 Å². The van der Waals surface area contributed by atoms with E-state index in [1.807, 2.05) is 5.32 Å². The second-order valence-electron chi connectivity index (χ2n) is 6.76. The first-order chi connectivity index (χ1) is 14.1. The standard InChI is InChI=1S/C18H18F4N6O2/c1-10(18(20,21)22)25-16(29)15-14-8-27(4-5-28(14)9-24-15)17(30)26-12-2-3-13(19)11(6-12)7-23/h2-3,6,9-10,16,25,29H,4-5,8H2,1H3,(H,26,30)/t10-,16?/m1/s1. The molecule has 0 saturated heterocycles. The highest BCUT2D eigenvalue weighted by atomic mass is 19.4. The fourth-order valence-electron chi connectivity index (χ4n) is 2.98. The maximum absolute atomic E-state index is 13.4. The van der Waals surface area contributed by atoms with E-state index >= 15 is 0 Å². The fraction of sp³-hybridized carbons (Fsp3) is 0.389. The summed E-state index contributed by atoms with van der Waals surface area (Å²) < 4.78 is 53.3. The Morgan fingerprint density at radius 2 is 2.10 bits per heavy atom. The number of aliphatic hydroxyl groups excluding tert-OH is 1. The number of aliphatic hydroxyl groups is 1. The molecule has 3 N–H and O–H groups in total. The number of rotatable bonds is 4. The highest BCUT2D eigenvalue weighted by Crippen LogP contribution is 2.25. The number of nitriles is 1. The third-order valence-corrected chi connectivity index (χ3v) is 4.71. The summed E-state index contributed by atoms with van der Waals surface area (Å²) in [5.41, 5.74) is 0.387. The number of nitrogens with zero attached hydrogens (tertiary/aromatic N) is 4. The van der Waals surface area contributed by atoms with Gasteiger partial charge in [0, 0.05) is 18.8 Å². The van der Waals surface area contributed by atoms with Gasteiger partial charge in [-0.3, -0.25) is 5.32 Å². The number of amides is 2. The highest BCUT2D eigenvalue weighted by molar-refractivity contribution is 5.89. The van der Waals surface area contributed by atoms with Gasteiger partial charge in [-0.1, -0.05) is 0 Å². The molecule has 2 heterocycles. The number of benzene rings is 1. The molecule has 0 radical (unpaired) electrons. The molecule has 1 aromatic heterocycles. The molecular weight excluding hydrogens is 408 g/mol. The lowest BCUT2D eigenvalue weighted by atomic mass is 10.2. The van der Waals surface area contributed by atoms with Crippen LogP contribution in [0.4, 0.5) is 28.0 Å². The predicted molar refractivity (Wildman–Crippen MR) is 96.4 cm³/mol. The van der Waals surface area contributed by atoms with Crippen LogP contribution in [0.25, 0.3) is 0 Å². The molecule has 1 aromatic carbocycles. The molecule has 0 fully saturated rings. The third-order valence-electron chi connectivity index (χ3n) is 4.71. The van der Waals surface area contributed by atoms with Crippen molar-refractivity contribution in [3.8, 4) is 6.07 Å². The number of hydrogen-bond donors (Lipinski definition) is 3. The Hall–Kier alpha value is -3.17. The van der Waals surface area contributed by atoms with Gasteiger partial charge in [-0.2, -0.15) is 18.4 Å². The maximum Gasteiger partial charge on any atom is 0.403 e. The predicted octanol–water partition coefficient (Wildman–Crippen LogP) is 2.47. The van der Waals surface area contributed by atoms with Crippen molar-refractivity contribution in [1.29, 1.82) is 5.26 Å². The highest BCUT2D eigenvalue weighted by Gasteiger charge is 2.38. The van der Waals surface area contributed by atoms with E-state index in [0.717, 1.165) is 13.0 Å². The van der Waals surface area contributed by atoms with Crippen molar-refractivity contribution in [1.82, 2.24) is 19.8 Å². The number of nitrogens with one attached hydrogen (secondary N) is 2. The number of urea groups is 1. The van der Waals surface area contributed by atoms with Crippen LogP contribution in [0.5, 0.6) is 0 Å². The normalized spacial score (nSPS) is 15.8. The molecule has 0 spiro atoms. The number of anilines is 1. The van der Waals surface area contributed by atoms with Crippen LogP contribution in [0.1, 0.15) is 30.1 Å². The Bertz CT molecular complexity index is 984. The first-order valence-electron chi connectivity index (χ1n) is 8.90. The fourth-order valence-corrected chi connectivity index (χ4v) is 2.98. The largest absolute Gasteiger partial charge is 0.403 e. The smallest absolute Gasteiger partial charge is 0.373 e. The molecule has 0 saturated carbocycles. The number of fused-ring (bicyclic) bond motifs is 1. The van der Waals surface area contributed by atoms with Crippen molar-refractivity contribution < 1.29 is 27.5 Å². The minimum absolute atomic E-state index is 0.00264. The van der Waals surface area contributed by atoms with E-state index in [9.17, 15) is 27.5 Å². The lowest BCUT2D eigenvalue weighted by Crippen LogP contribution is -2.43. The van der Waals surface area contributed by atoms with Crippen molar-refractivity contribution in [2.75, 3.05) is 11.9 Å². The van der Waals surface area contributed by atoms with Crippen LogP contribution in [0, 0.1) is 17.1 Å². The number of carbonyl (C=O) groups is 1. The molecule has 1 unspecified atom stereocenters. The van der Waals surface area contributed by atoms with Gasteiger partial charge in [0.25, 0.3) is 0 Å². The molecule has 3 rings (SSSR count). The summed E-state index contributed by atoms with van der Waals surface area (Å²) in [7, 11) is 0. The van der Waals surface area contributed by atoms with E-state index in [0.29, 0.717) is 12.2 Å². The van der Waals surface area contributed by atoms with Gasteiger partial charge < -0.3 is 19.9 Å². The number of hydrogen-bond acceptors (Lipinski definition) is 5. The molecule has 160 valence electrons. The molecule has 2 aromatic rings. The van der Waals surface area contributed by atoms with Crippen LogP contribution >= 0.6 is 0 Å². The maximum atomic E-state index is 13.4. The van der Waals surface area contributed by atoms with E-state index in [1.165, 1.54) is 23.4 Å². The lowest BCUT2D eigenvalue weighted by molar-refractivity contribution is -0.159. The summed E-state index contributed by atoms with van der Waals surface area (Å²) in [5, 5.41) is 23.6. The summed E-state index contributed by atoms with van der Waals surface area (Å²) >= 11 is 0. The lowest BCUT2D eigenvalue weighted by Gasteiger charge is -2.30. The van der Waals surface area contributed by atoms with Gasteiger partial charge >= 0.3 is 12.2 Å². The van der Waals surface area contributed by atoms with E-state index in [4.69, 9.17) is 5.26 Å². The van der Waals surface area contributed by atoms with Crippen LogP contribution < -0.4 is 10.6 Å². The van der Waals surface area contributed by atoms with Crippen LogP contribution in [0.15, 0.2) is 24.5 Å². The third kappa shape index (κ3) is 4.52. The monoisotopic (exact) mass is 426 g/mol. The average molecular weight is 426 g/mol. The average Bonchev–Trinajstić information content (AvgIpc) is 3.11. The first kappa shape index (κ1) is 21.5. The molecule has 1 aliphatic rings. The molecule has 0 aliphatic carbocycles.